The molecule has 0 radical (unpaired) electrons. The zero-order valence-corrected chi connectivity index (χ0v) is 10.3. The average Bonchev–Trinajstić information content (AvgIpc) is 2.35. The Hall–Kier alpha value is -2.24. The summed E-state index contributed by atoms with van der Waals surface area (Å²) in [6.45, 7) is 3.18. The molecule has 0 aliphatic rings. The molecule has 1 aromatic carbocycles. The number of hydrogen-bond acceptors (Lipinski definition) is 2. The molecule has 6 heteroatoms. The first-order valence-electron chi connectivity index (χ1n) is 5.64. The molecule has 2 aromatic rings. The number of fused-ring (bicyclic) bond motifs is 1. The van der Waals surface area contributed by atoms with E-state index in [0.29, 0.717) is 0 Å². The summed E-state index contributed by atoms with van der Waals surface area (Å²) in [5, 5.41) is 9.05. The number of aromatic carboxylic acids is 1. The fourth-order valence-corrected chi connectivity index (χ4v) is 2.18. The van der Waals surface area contributed by atoms with E-state index >= 15 is 0 Å². The third-order valence-corrected chi connectivity index (χ3v) is 3.06. The molecule has 0 saturated carbocycles. The lowest BCUT2D eigenvalue weighted by Crippen LogP contribution is -2.19. The topological polar surface area (TPSA) is 59.3 Å². The van der Waals surface area contributed by atoms with Crippen molar-refractivity contribution in [3.63, 3.8) is 0 Å². The molecular formula is C13H11F2NO3. The second-order valence-corrected chi connectivity index (χ2v) is 4.13. The molecule has 4 nitrogen and oxygen atoms in total. The SMILES string of the molecule is CCn1c(C(=O)O)cc(=O)c2c(C)c(F)c(F)cc21. The van der Waals surface area contributed by atoms with E-state index in [1.165, 1.54) is 11.5 Å². The normalized spacial score (nSPS) is 10.9. The van der Waals surface area contributed by atoms with Crippen LogP contribution in [0, 0.1) is 18.6 Å². The van der Waals surface area contributed by atoms with Gasteiger partial charge in [-0.15, -0.1) is 0 Å². The predicted octanol–water partition coefficient (Wildman–Crippen LogP) is 2.31. The van der Waals surface area contributed by atoms with Gasteiger partial charge in [0.1, 0.15) is 5.69 Å². The second-order valence-electron chi connectivity index (χ2n) is 4.13. The van der Waals surface area contributed by atoms with E-state index < -0.39 is 23.0 Å². The molecule has 0 spiro atoms. The summed E-state index contributed by atoms with van der Waals surface area (Å²) in [5.74, 6) is -3.48. The number of pyridine rings is 1. The summed E-state index contributed by atoms with van der Waals surface area (Å²) in [7, 11) is 0. The van der Waals surface area contributed by atoms with E-state index in [-0.39, 0.29) is 28.7 Å². The van der Waals surface area contributed by atoms with Crippen LogP contribution in [0.2, 0.25) is 0 Å². The lowest BCUT2D eigenvalue weighted by atomic mass is 10.1. The minimum absolute atomic E-state index is 0.00532. The largest absolute Gasteiger partial charge is 0.477 e. The van der Waals surface area contributed by atoms with Crippen molar-refractivity contribution >= 4 is 16.9 Å². The average molecular weight is 267 g/mol. The van der Waals surface area contributed by atoms with Crippen LogP contribution in [0.3, 0.4) is 0 Å². The first-order valence-corrected chi connectivity index (χ1v) is 5.64. The maximum absolute atomic E-state index is 13.5. The van der Waals surface area contributed by atoms with E-state index in [1.54, 1.807) is 6.92 Å². The van der Waals surface area contributed by atoms with Crippen LogP contribution in [0.1, 0.15) is 23.0 Å². The third-order valence-electron chi connectivity index (χ3n) is 3.06. The highest BCUT2D eigenvalue weighted by molar-refractivity contribution is 5.91. The maximum Gasteiger partial charge on any atom is 0.352 e. The molecule has 1 heterocycles. The van der Waals surface area contributed by atoms with Gasteiger partial charge >= 0.3 is 5.97 Å². The van der Waals surface area contributed by atoms with Crippen molar-refractivity contribution in [1.29, 1.82) is 0 Å². The van der Waals surface area contributed by atoms with E-state index in [9.17, 15) is 18.4 Å². The van der Waals surface area contributed by atoms with Gasteiger partial charge in [-0.05, 0) is 13.8 Å². The molecule has 0 aliphatic heterocycles. The predicted molar refractivity (Wildman–Crippen MR) is 65.5 cm³/mol. The zero-order chi connectivity index (χ0) is 14.3. The molecule has 0 atom stereocenters. The van der Waals surface area contributed by atoms with Gasteiger partial charge in [0.05, 0.1) is 10.9 Å². The Morgan fingerprint density at radius 2 is 2.00 bits per heavy atom. The van der Waals surface area contributed by atoms with Crippen LogP contribution in [0.15, 0.2) is 16.9 Å². The second kappa shape index (κ2) is 4.46. The van der Waals surface area contributed by atoms with Gasteiger partial charge in [-0.1, -0.05) is 0 Å². The summed E-state index contributed by atoms with van der Waals surface area (Å²) in [4.78, 5) is 23.0. The third kappa shape index (κ3) is 1.89. The molecule has 0 saturated heterocycles. The van der Waals surface area contributed by atoms with Crippen LogP contribution in [0.5, 0.6) is 0 Å². The standard InChI is InChI=1S/C13H11F2NO3/c1-3-16-8-4-7(14)12(15)6(2)11(8)10(17)5-9(16)13(18)19/h4-5H,3H2,1-2H3,(H,18,19). The Morgan fingerprint density at radius 3 is 2.53 bits per heavy atom. The molecule has 0 bridgehead atoms. The molecular weight excluding hydrogens is 256 g/mol. The Kier molecular flexibility index (Phi) is 3.09. The molecule has 1 aromatic heterocycles. The molecule has 1 N–H and O–H groups in total. The smallest absolute Gasteiger partial charge is 0.352 e. The summed E-state index contributed by atoms with van der Waals surface area (Å²) < 4.78 is 28.2. The molecule has 0 amide bonds. The van der Waals surface area contributed by atoms with E-state index in [1.807, 2.05) is 0 Å². The Morgan fingerprint density at radius 1 is 1.37 bits per heavy atom. The van der Waals surface area contributed by atoms with Gasteiger partial charge in [0.2, 0.25) is 0 Å². The number of hydrogen-bond donors (Lipinski definition) is 1. The molecule has 0 unspecified atom stereocenters. The highest BCUT2D eigenvalue weighted by atomic mass is 19.2. The quantitative estimate of drug-likeness (QED) is 0.908. The Labute approximate surface area is 106 Å². The van der Waals surface area contributed by atoms with Crippen molar-refractivity contribution in [2.45, 2.75) is 20.4 Å². The van der Waals surface area contributed by atoms with Gasteiger partial charge in [0.25, 0.3) is 0 Å². The highest BCUT2D eigenvalue weighted by Gasteiger charge is 2.18. The number of carboxylic acid groups (broad SMARTS) is 1. The fraction of sp³-hybridized carbons (Fsp3) is 0.231. The number of halogens is 2. The number of nitrogens with zero attached hydrogens (tertiary/aromatic N) is 1. The van der Waals surface area contributed by atoms with Gasteiger partial charge in [-0.25, -0.2) is 13.6 Å². The first kappa shape index (κ1) is 13.2. The van der Waals surface area contributed by atoms with Crippen molar-refractivity contribution in [2.24, 2.45) is 0 Å². The van der Waals surface area contributed by atoms with Crippen molar-refractivity contribution in [3.05, 3.63) is 45.2 Å². The van der Waals surface area contributed by atoms with Gasteiger partial charge < -0.3 is 9.67 Å². The number of aryl methyl sites for hydroxylation is 2. The van der Waals surface area contributed by atoms with Crippen molar-refractivity contribution in [3.8, 4) is 0 Å². The summed E-state index contributed by atoms with van der Waals surface area (Å²) in [6, 6.07) is 1.79. The van der Waals surface area contributed by atoms with Crippen LogP contribution in [-0.4, -0.2) is 15.6 Å². The maximum atomic E-state index is 13.5. The lowest BCUT2D eigenvalue weighted by Gasteiger charge is -2.14. The van der Waals surface area contributed by atoms with Crippen LogP contribution in [0.4, 0.5) is 8.78 Å². The van der Waals surface area contributed by atoms with Crippen LogP contribution < -0.4 is 5.43 Å². The molecule has 2 rings (SSSR count). The van der Waals surface area contributed by atoms with Crippen molar-refractivity contribution in [2.75, 3.05) is 0 Å². The minimum Gasteiger partial charge on any atom is -0.477 e. The van der Waals surface area contributed by atoms with Crippen LogP contribution in [-0.2, 0) is 6.54 Å². The van der Waals surface area contributed by atoms with Crippen LogP contribution in [0.25, 0.3) is 10.9 Å². The first-order chi connectivity index (χ1) is 8.88. The summed E-state index contributed by atoms with van der Waals surface area (Å²) >= 11 is 0. The number of carboxylic acids is 1. The minimum atomic E-state index is -1.29. The van der Waals surface area contributed by atoms with Gasteiger partial charge in [-0.2, -0.15) is 0 Å². The summed E-state index contributed by atoms with van der Waals surface area (Å²) in [6.07, 6.45) is 0. The lowest BCUT2D eigenvalue weighted by molar-refractivity contribution is 0.0685. The van der Waals surface area contributed by atoms with Crippen molar-refractivity contribution < 1.29 is 18.7 Å². The van der Waals surface area contributed by atoms with E-state index in [2.05, 4.69) is 0 Å². The fourth-order valence-electron chi connectivity index (χ4n) is 2.18. The summed E-state index contributed by atoms with van der Waals surface area (Å²) in [5.41, 5.74) is -0.901. The zero-order valence-electron chi connectivity index (χ0n) is 10.3. The van der Waals surface area contributed by atoms with Gasteiger partial charge in [0, 0.05) is 24.2 Å². The number of aromatic nitrogens is 1. The van der Waals surface area contributed by atoms with E-state index in [4.69, 9.17) is 5.11 Å². The van der Waals surface area contributed by atoms with Gasteiger partial charge in [0.15, 0.2) is 17.1 Å². The van der Waals surface area contributed by atoms with Crippen LogP contribution >= 0.6 is 0 Å². The molecule has 0 fully saturated rings. The van der Waals surface area contributed by atoms with E-state index in [0.717, 1.165) is 12.1 Å². The Balaban J connectivity index is 3.09. The monoisotopic (exact) mass is 267 g/mol. The van der Waals surface area contributed by atoms with Crippen molar-refractivity contribution in [1.82, 2.24) is 4.57 Å². The highest BCUT2D eigenvalue weighted by Crippen LogP contribution is 2.22. The number of benzene rings is 1. The Bertz CT molecular complexity index is 750. The molecule has 19 heavy (non-hydrogen) atoms. The number of rotatable bonds is 2. The van der Waals surface area contributed by atoms with Gasteiger partial charge in [-0.3, -0.25) is 4.79 Å². The molecule has 0 aliphatic carbocycles. The molecule has 100 valence electrons. The number of carbonyl (C=O) groups is 1.